The van der Waals surface area contributed by atoms with Crippen molar-refractivity contribution in [2.24, 2.45) is 0 Å². The Morgan fingerprint density at radius 1 is 1.17 bits per heavy atom. The number of thioether (sulfide) groups is 1. The van der Waals surface area contributed by atoms with E-state index in [9.17, 15) is 9.59 Å². The largest absolute Gasteiger partial charge is 0.336 e. The van der Waals surface area contributed by atoms with Crippen molar-refractivity contribution in [3.63, 3.8) is 0 Å². The number of aromatic nitrogens is 3. The van der Waals surface area contributed by atoms with Gasteiger partial charge in [0.25, 0.3) is 0 Å². The Balaban J connectivity index is 2.17. The minimum absolute atomic E-state index is 0.0380. The third-order valence-electron chi connectivity index (χ3n) is 4.24. The highest BCUT2D eigenvalue weighted by Crippen LogP contribution is 2.26. The number of benzene rings is 1. The molecule has 0 aliphatic heterocycles. The fraction of sp³-hybridized carbons (Fsp3) is 0.500. The van der Waals surface area contributed by atoms with Crippen molar-refractivity contribution in [1.29, 1.82) is 0 Å². The molecule has 3 amide bonds. The van der Waals surface area contributed by atoms with Crippen molar-refractivity contribution in [2.75, 3.05) is 19.8 Å². The van der Waals surface area contributed by atoms with Gasteiger partial charge in [0.15, 0.2) is 11.0 Å². The number of carbonyl (C=O) groups excluding carboxylic acids is 2. The van der Waals surface area contributed by atoms with Crippen LogP contribution in [0.2, 0.25) is 0 Å². The number of rotatable bonds is 9. The first-order chi connectivity index (χ1) is 13.8. The van der Waals surface area contributed by atoms with Gasteiger partial charge in [0, 0.05) is 6.04 Å². The fourth-order valence-corrected chi connectivity index (χ4v) is 3.68. The van der Waals surface area contributed by atoms with Gasteiger partial charge in [-0.15, -0.1) is 10.2 Å². The molecule has 1 atom stereocenters. The standard InChI is InChI=1S/C20H30N6O2S/c1-6-16(25(4)5)18-23-24-20(26(18)12-15-10-8-7-9-11-15)29-13-17(27)22-19(28)21-14(2)3/h7-11,14,16H,6,12-13H2,1-5H3,(H2,21,22,27,28). The van der Waals surface area contributed by atoms with Gasteiger partial charge in [-0.2, -0.15) is 0 Å². The van der Waals surface area contributed by atoms with Gasteiger partial charge in [-0.1, -0.05) is 49.0 Å². The van der Waals surface area contributed by atoms with E-state index >= 15 is 0 Å². The van der Waals surface area contributed by atoms with E-state index in [2.05, 4.69) is 49.4 Å². The number of nitrogens with zero attached hydrogens (tertiary/aromatic N) is 4. The van der Waals surface area contributed by atoms with E-state index in [0.717, 1.165) is 17.8 Å². The van der Waals surface area contributed by atoms with Gasteiger partial charge in [0.1, 0.15) is 0 Å². The van der Waals surface area contributed by atoms with E-state index in [0.29, 0.717) is 11.7 Å². The number of carbonyl (C=O) groups is 2. The molecule has 2 aromatic rings. The Morgan fingerprint density at radius 2 is 1.86 bits per heavy atom. The molecule has 158 valence electrons. The molecule has 2 rings (SSSR count). The molecule has 0 aliphatic carbocycles. The fourth-order valence-electron chi connectivity index (χ4n) is 2.94. The van der Waals surface area contributed by atoms with Crippen LogP contribution in [0, 0.1) is 0 Å². The smallest absolute Gasteiger partial charge is 0.321 e. The summed E-state index contributed by atoms with van der Waals surface area (Å²) in [4.78, 5) is 25.9. The van der Waals surface area contributed by atoms with Gasteiger partial charge in [0.05, 0.1) is 18.3 Å². The van der Waals surface area contributed by atoms with Gasteiger partial charge in [-0.3, -0.25) is 15.0 Å². The second kappa shape index (κ2) is 11.0. The Bertz CT molecular complexity index is 807. The summed E-state index contributed by atoms with van der Waals surface area (Å²) in [5, 5.41) is 14.4. The Kier molecular flexibility index (Phi) is 8.66. The molecule has 0 spiro atoms. The maximum absolute atomic E-state index is 12.1. The van der Waals surface area contributed by atoms with E-state index in [1.54, 1.807) is 0 Å². The van der Waals surface area contributed by atoms with Crippen molar-refractivity contribution < 1.29 is 9.59 Å². The summed E-state index contributed by atoms with van der Waals surface area (Å²) in [5.41, 5.74) is 1.13. The number of hydrogen-bond donors (Lipinski definition) is 2. The summed E-state index contributed by atoms with van der Waals surface area (Å²) in [6.07, 6.45) is 0.889. The molecule has 0 fully saturated rings. The number of urea groups is 1. The number of hydrogen-bond acceptors (Lipinski definition) is 6. The lowest BCUT2D eigenvalue weighted by Crippen LogP contribution is -2.43. The lowest BCUT2D eigenvalue weighted by atomic mass is 10.2. The van der Waals surface area contributed by atoms with Crippen LogP contribution in [0.25, 0.3) is 0 Å². The summed E-state index contributed by atoms with van der Waals surface area (Å²) in [5.74, 6) is 0.572. The highest BCUT2D eigenvalue weighted by atomic mass is 32.2. The average Bonchev–Trinajstić information content (AvgIpc) is 3.03. The molecule has 1 aromatic carbocycles. The number of nitrogens with one attached hydrogen (secondary N) is 2. The van der Waals surface area contributed by atoms with E-state index in [1.165, 1.54) is 11.8 Å². The highest BCUT2D eigenvalue weighted by molar-refractivity contribution is 7.99. The van der Waals surface area contributed by atoms with Crippen LogP contribution in [-0.4, -0.2) is 57.5 Å². The predicted molar refractivity (Wildman–Crippen MR) is 115 cm³/mol. The zero-order chi connectivity index (χ0) is 21.4. The summed E-state index contributed by atoms with van der Waals surface area (Å²) in [6, 6.07) is 9.67. The first-order valence-electron chi connectivity index (χ1n) is 9.68. The van der Waals surface area contributed by atoms with Crippen LogP contribution in [0.5, 0.6) is 0 Å². The topological polar surface area (TPSA) is 92.1 Å². The van der Waals surface area contributed by atoms with Crippen LogP contribution < -0.4 is 10.6 Å². The molecule has 9 heteroatoms. The van der Waals surface area contributed by atoms with Gasteiger partial charge in [-0.05, 0) is 39.9 Å². The van der Waals surface area contributed by atoms with Gasteiger partial charge in [0.2, 0.25) is 5.91 Å². The average molecular weight is 419 g/mol. The molecular weight excluding hydrogens is 388 g/mol. The Labute approximate surface area is 176 Å². The van der Waals surface area contributed by atoms with Crippen molar-refractivity contribution >= 4 is 23.7 Å². The maximum atomic E-state index is 12.1. The second-order valence-corrected chi connectivity index (χ2v) is 8.21. The highest BCUT2D eigenvalue weighted by Gasteiger charge is 2.23. The van der Waals surface area contributed by atoms with Crippen LogP contribution in [-0.2, 0) is 11.3 Å². The second-order valence-electron chi connectivity index (χ2n) is 7.27. The first kappa shape index (κ1) is 22.9. The molecule has 1 heterocycles. The summed E-state index contributed by atoms with van der Waals surface area (Å²) >= 11 is 1.27. The molecule has 0 saturated carbocycles. The predicted octanol–water partition coefficient (Wildman–Crippen LogP) is 2.67. The van der Waals surface area contributed by atoms with Crippen LogP contribution in [0.4, 0.5) is 4.79 Å². The van der Waals surface area contributed by atoms with Gasteiger partial charge < -0.3 is 9.88 Å². The molecule has 8 nitrogen and oxygen atoms in total. The van der Waals surface area contributed by atoms with E-state index in [-0.39, 0.29) is 23.7 Å². The molecular formula is C20H30N6O2S. The van der Waals surface area contributed by atoms with Crippen LogP contribution in [0.3, 0.4) is 0 Å². The quantitative estimate of drug-likeness (QED) is 0.608. The van der Waals surface area contributed by atoms with Crippen molar-refractivity contribution in [3.8, 4) is 0 Å². The SMILES string of the molecule is CCC(c1nnc(SCC(=O)NC(=O)NC(C)C)n1Cc1ccccc1)N(C)C. The van der Waals surface area contributed by atoms with Crippen molar-refractivity contribution in [2.45, 2.75) is 51.0 Å². The minimum Gasteiger partial charge on any atom is -0.336 e. The first-order valence-corrected chi connectivity index (χ1v) is 10.7. The minimum atomic E-state index is -0.490. The summed E-state index contributed by atoms with van der Waals surface area (Å²) < 4.78 is 2.05. The van der Waals surface area contributed by atoms with Gasteiger partial charge >= 0.3 is 6.03 Å². The molecule has 0 radical (unpaired) electrons. The third kappa shape index (κ3) is 6.86. The van der Waals surface area contributed by atoms with E-state index in [4.69, 9.17) is 0 Å². The lowest BCUT2D eigenvalue weighted by Gasteiger charge is -2.23. The van der Waals surface area contributed by atoms with Crippen LogP contribution in [0.1, 0.15) is 44.6 Å². The molecule has 0 aliphatic rings. The molecule has 1 aromatic heterocycles. The summed E-state index contributed by atoms with van der Waals surface area (Å²) in [7, 11) is 4.03. The van der Waals surface area contributed by atoms with E-state index < -0.39 is 6.03 Å². The summed E-state index contributed by atoms with van der Waals surface area (Å²) in [6.45, 7) is 6.40. The van der Waals surface area contributed by atoms with Crippen molar-refractivity contribution in [3.05, 3.63) is 41.7 Å². The molecule has 0 saturated heterocycles. The monoisotopic (exact) mass is 418 g/mol. The number of imide groups is 1. The number of amides is 3. The Morgan fingerprint density at radius 3 is 2.45 bits per heavy atom. The molecule has 0 bridgehead atoms. The maximum Gasteiger partial charge on any atom is 0.321 e. The van der Waals surface area contributed by atoms with Crippen molar-refractivity contribution in [1.82, 2.24) is 30.3 Å². The third-order valence-corrected chi connectivity index (χ3v) is 5.21. The van der Waals surface area contributed by atoms with Crippen LogP contribution >= 0.6 is 11.8 Å². The Hall–Kier alpha value is -2.39. The normalized spacial score (nSPS) is 12.2. The molecule has 29 heavy (non-hydrogen) atoms. The lowest BCUT2D eigenvalue weighted by molar-refractivity contribution is -0.117. The van der Waals surface area contributed by atoms with Crippen LogP contribution in [0.15, 0.2) is 35.5 Å². The molecule has 1 unspecified atom stereocenters. The molecule has 2 N–H and O–H groups in total. The van der Waals surface area contributed by atoms with E-state index in [1.807, 2.05) is 46.1 Å². The van der Waals surface area contributed by atoms with Gasteiger partial charge in [-0.25, -0.2) is 4.79 Å². The zero-order valence-electron chi connectivity index (χ0n) is 17.7. The zero-order valence-corrected chi connectivity index (χ0v) is 18.5.